The molecule has 3 rings (SSSR count). The summed E-state index contributed by atoms with van der Waals surface area (Å²) < 4.78 is 1.09. The zero-order chi connectivity index (χ0) is 13.3. The number of anilines is 1. The Bertz CT molecular complexity index is 422. The Morgan fingerprint density at radius 2 is 1.74 bits per heavy atom. The van der Waals surface area contributed by atoms with E-state index in [4.69, 9.17) is 5.73 Å². The number of piperidine rings is 1. The van der Waals surface area contributed by atoms with Gasteiger partial charge in [-0.1, -0.05) is 28.8 Å². The summed E-state index contributed by atoms with van der Waals surface area (Å²) in [6, 6.07) is 6.26. The predicted molar refractivity (Wildman–Crippen MR) is 84.0 cm³/mol. The quantitative estimate of drug-likeness (QED) is 0.827. The SMILES string of the molecule is Nc1cc(Br)cc(CN2CCC3(CCCC3)CC2)c1. The van der Waals surface area contributed by atoms with Crippen molar-refractivity contribution in [2.75, 3.05) is 18.8 Å². The minimum atomic E-state index is 0.715. The molecule has 1 heterocycles. The molecule has 104 valence electrons. The van der Waals surface area contributed by atoms with Crippen LogP contribution in [0.4, 0.5) is 5.69 Å². The monoisotopic (exact) mass is 322 g/mol. The second kappa shape index (κ2) is 5.45. The van der Waals surface area contributed by atoms with Gasteiger partial charge in [0, 0.05) is 16.7 Å². The summed E-state index contributed by atoms with van der Waals surface area (Å²) >= 11 is 3.53. The van der Waals surface area contributed by atoms with E-state index in [0.717, 1.165) is 16.7 Å². The van der Waals surface area contributed by atoms with Crippen LogP contribution < -0.4 is 5.73 Å². The van der Waals surface area contributed by atoms with Gasteiger partial charge in [0.25, 0.3) is 0 Å². The van der Waals surface area contributed by atoms with E-state index in [0.29, 0.717) is 5.41 Å². The first-order chi connectivity index (χ1) is 9.15. The number of hydrogen-bond acceptors (Lipinski definition) is 2. The molecule has 0 aromatic heterocycles. The van der Waals surface area contributed by atoms with Crippen LogP contribution in [0.2, 0.25) is 0 Å². The van der Waals surface area contributed by atoms with Crippen LogP contribution in [0.15, 0.2) is 22.7 Å². The third-order valence-electron chi connectivity index (χ3n) is 4.97. The van der Waals surface area contributed by atoms with Gasteiger partial charge in [0.2, 0.25) is 0 Å². The van der Waals surface area contributed by atoms with Crippen molar-refractivity contribution in [1.29, 1.82) is 0 Å². The van der Waals surface area contributed by atoms with Crippen LogP contribution in [0.3, 0.4) is 0 Å². The highest BCUT2D eigenvalue weighted by atomic mass is 79.9. The molecule has 0 radical (unpaired) electrons. The standard InChI is InChI=1S/C16H23BrN2/c17-14-9-13(10-15(18)11-14)12-19-7-5-16(6-8-19)3-1-2-4-16/h9-11H,1-8,12,18H2. The normalized spacial score (nSPS) is 23.0. The van der Waals surface area contributed by atoms with E-state index in [2.05, 4.69) is 33.0 Å². The van der Waals surface area contributed by atoms with E-state index in [9.17, 15) is 0 Å². The molecule has 2 aliphatic rings. The molecule has 19 heavy (non-hydrogen) atoms. The fourth-order valence-electron chi connectivity index (χ4n) is 3.84. The van der Waals surface area contributed by atoms with Crippen molar-refractivity contribution in [2.45, 2.75) is 45.1 Å². The van der Waals surface area contributed by atoms with Crippen LogP contribution in [0.25, 0.3) is 0 Å². The van der Waals surface area contributed by atoms with E-state index in [-0.39, 0.29) is 0 Å². The Hall–Kier alpha value is -0.540. The van der Waals surface area contributed by atoms with E-state index in [1.807, 2.05) is 6.07 Å². The van der Waals surface area contributed by atoms with Crippen LogP contribution in [0.1, 0.15) is 44.1 Å². The minimum absolute atomic E-state index is 0.715. The maximum absolute atomic E-state index is 5.91. The van der Waals surface area contributed by atoms with Gasteiger partial charge < -0.3 is 5.73 Å². The number of nitrogen functional groups attached to an aromatic ring is 1. The molecule has 1 aromatic rings. The first-order valence-corrected chi connectivity index (χ1v) is 8.22. The molecule has 0 bridgehead atoms. The van der Waals surface area contributed by atoms with Gasteiger partial charge >= 0.3 is 0 Å². The minimum Gasteiger partial charge on any atom is -0.399 e. The van der Waals surface area contributed by atoms with E-state index in [1.54, 1.807) is 0 Å². The number of likely N-dealkylation sites (tertiary alicyclic amines) is 1. The van der Waals surface area contributed by atoms with Crippen LogP contribution in [0.5, 0.6) is 0 Å². The summed E-state index contributed by atoms with van der Waals surface area (Å²) in [4.78, 5) is 2.59. The van der Waals surface area contributed by atoms with Crippen LogP contribution >= 0.6 is 15.9 Å². The summed E-state index contributed by atoms with van der Waals surface area (Å²) in [6.07, 6.45) is 8.67. The summed E-state index contributed by atoms with van der Waals surface area (Å²) in [7, 11) is 0. The van der Waals surface area contributed by atoms with E-state index >= 15 is 0 Å². The molecule has 1 spiro atoms. The molecule has 1 aliphatic heterocycles. The third-order valence-corrected chi connectivity index (χ3v) is 5.42. The average molecular weight is 323 g/mol. The number of nitrogens with zero attached hydrogens (tertiary/aromatic N) is 1. The van der Waals surface area contributed by atoms with Crippen molar-refractivity contribution in [3.63, 3.8) is 0 Å². The topological polar surface area (TPSA) is 29.3 Å². The van der Waals surface area contributed by atoms with Gasteiger partial charge in [-0.2, -0.15) is 0 Å². The second-order valence-corrected chi connectivity index (χ2v) is 7.29. The third kappa shape index (κ3) is 3.14. The molecule has 1 saturated carbocycles. The van der Waals surface area contributed by atoms with Crippen molar-refractivity contribution >= 4 is 21.6 Å². The second-order valence-electron chi connectivity index (χ2n) is 6.38. The number of rotatable bonds is 2. The molecule has 0 amide bonds. The molecule has 0 atom stereocenters. The molecule has 3 heteroatoms. The Morgan fingerprint density at radius 1 is 1.05 bits per heavy atom. The largest absolute Gasteiger partial charge is 0.399 e. The van der Waals surface area contributed by atoms with Gasteiger partial charge in [-0.15, -0.1) is 0 Å². The summed E-state index contributed by atoms with van der Waals surface area (Å²) in [6.45, 7) is 3.55. The molecule has 1 aromatic carbocycles. The average Bonchev–Trinajstić information content (AvgIpc) is 2.80. The zero-order valence-corrected chi connectivity index (χ0v) is 13.1. The molecular weight excluding hydrogens is 300 g/mol. The van der Waals surface area contributed by atoms with Crippen molar-refractivity contribution in [2.24, 2.45) is 5.41 Å². The zero-order valence-electron chi connectivity index (χ0n) is 11.5. The number of halogens is 1. The Kier molecular flexibility index (Phi) is 3.86. The van der Waals surface area contributed by atoms with Crippen LogP contribution in [-0.4, -0.2) is 18.0 Å². The van der Waals surface area contributed by atoms with Gasteiger partial charge in [-0.25, -0.2) is 0 Å². The maximum Gasteiger partial charge on any atom is 0.0328 e. The van der Waals surface area contributed by atoms with Crippen molar-refractivity contribution in [1.82, 2.24) is 4.90 Å². The predicted octanol–water partition coefficient (Wildman–Crippen LogP) is 4.19. The highest BCUT2D eigenvalue weighted by Crippen LogP contribution is 2.46. The number of benzene rings is 1. The maximum atomic E-state index is 5.91. The lowest BCUT2D eigenvalue weighted by Crippen LogP contribution is -2.38. The lowest BCUT2D eigenvalue weighted by Gasteiger charge is -2.39. The van der Waals surface area contributed by atoms with Gasteiger partial charge in [-0.05, 0) is 68.0 Å². The van der Waals surface area contributed by atoms with E-state index in [1.165, 1.54) is 57.2 Å². The molecule has 1 saturated heterocycles. The Balaban J connectivity index is 1.59. The molecule has 2 N–H and O–H groups in total. The fourth-order valence-corrected chi connectivity index (χ4v) is 4.39. The number of nitrogens with two attached hydrogens (primary N) is 1. The molecule has 2 fully saturated rings. The number of hydrogen-bond donors (Lipinski definition) is 1. The van der Waals surface area contributed by atoms with Crippen molar-refractivity contribution in [3.8, 4) is 0 Å². The van der Waals surface area contributed by atoms with E-state index < -0.39 is 0 Å². The van der Waals surface area contributed by atoms with Gasteiger partial charge in [0.1, 0.15) is 0 Å². The van der Waals surface area contributed by atoms with Crippen LogP contribution in [-0.2, 0) is 6.54 Å². The molecule has 0 unspecified atom stereocenters. The summed E-state index contributed by atoms with van der Waals surface area (Å²) in [5.74, 6) is 0. The van der Waals surface area contributed by atoms with Gasteiger partial charge in [-0.3, -0.25) is 4.90 Å². The lowest BCUT2D eigenvalue weighted by atomic mass is 9.77. The first-order valence-electron chi connectivity index (χ1n) is 7.43. The van der Waals surface area contributed by atoms with Gasteiger partial charge in [0.05, 0.1) is 0 Å². The highest BCUT2D eigenvalue weighted by molar-refractivity contribution is 9.10. The van der Waals surface area contributed by atoms with Gasteiger partial charge in [0.15, 0.2) is 0 Å². The summed E-state index contributed by atoms with van der Waals surface area (Å²) in [5, 5.41) is 0. The fraction of sp³-hybridized carbons (Fsp3) is 0.625. The molecular formula is C16H23BrN2. The molecule has 2 nitrogen and oxygen atoms in total. The lowest BCUT2D eigenvalue weighted by molar-refractivity contribution is 0.103. The Labute approximate surface area is 124 Å². The summed E-state index contributed by atoms with van der Waals surface area (Å²) in [5.41, 5.74) is 8.81. The van der Waals surface area contributed by atoms with Crippen molar-refractivity contribution in [3.05, 3.63) is 28.2 Å². The highest BCUT2D eigenvalue weighted by Gasteiger charge is 2.36. The Morgan fingerprint density at radius 3 is 2.37 bits per heavy atom. The first kappa shape index (κ1) is 13.4. The smallest absolute Gasteiger partial charge is 0.0328 e. The van der Waals surface area contributed by atoms with Crippen LogP contribution in [0, 0.1) is 5.41 Å². The van der Waals surface area contributed by atoms with Crippen molar-refractivity contribution < 1.29 is 0 Å². The molecule has 1 aliphatic carbocycles.